The molecule has 0 saturated heterocycles. The Bertz CT molecular complexity index is 516. The lowest BCUT2D eigenvalue weighted by Gasteiger charge is -2.04. The molecule has 1 heterocycles. The van der Waals surface area contributed by atoms with Gasteiger partial charge in [0.05, 0.1) is 5.75 Å². The highest BCUT2D eigenvalue weighted by Crippen LogP contribution is 2.21. The van der Waals surface area contributed by atoms with Gasteiger partial charge >= 0.3 is 0 Å². The minimum Gasteiger partial charge on any atom is -0.396 e. The number of hydrogen-bond donors (Lipinski definition) is 1. The molecule has 4 nitrogen and oxygen atoms in total. The van der Waals surface area contributed by atoms with Crippen molar-refractivity contribution in [2.75, 3.05) is 12.4 Å². The van der Waals surface area contributed by atoms with Gasteiger partial charge in [-0.3, -0.25) is 0 Å². The van der Waals surface area contributed by atoms with E-state index in [4.69, 9.17) is 21.2 Å². The largest absolute Gasteiger partial charge is 0.396 e. The Balaban J connectivity index is 1.93. The van der Waals surface area contributed by atoms with Crippen molar-refractivity contribution < 1.29 is 9.63 Å². The maximum atomic E-state index is 8.93. The molecule has 19 heavy (non-hydrogen) atoms. The van der Waals surface area contributed by atoms with Gasteiger partial charge in [0.25, 0.3) is 5.89 Å². The molecule has 1 unspecified atom stereocenters. The topological polar surface area (TPSA) is 59.2 Å². The van der Waals surface area contributed by atoms with Gasteiger partial charge in [0.1, 0.15) is 0 Å². The maximum Gasteiger partial charge on any atom is 0.257 e. The molecular formula is C13H15ClN2O2S. The van der Waals surface area contributed by atoms with E-state index >= 15 is 0 Å². The smallest absolute Gasteiger partial charge is 0.257 e. The number of aliphatic hydroxyl groups excluding tert-OH is 1. The summed E-state index contributed by atoms with van der Waals surface area (Å²) in [5.41, 5.74) is 0.858. The van der Waals surface area contributed by atoms with Gasteiger partial charge in [-0.25, -0.2) is 0 Å². The second kappa shape index (κ2) is 6.93. The van der Waals surface area contributed by atoms with Crippen LogP contribution in [0.5, 0.6) is 0 Å². The lowest BCUT2D eigenvalue weighted by molar-refractivity contribution is 0.250. The summed E-state index contributed by atoms with van der Waals surface area (Å²) in [6.45, 7) is 2.21. The molecule has 0 fully saturated rings. The Morgan fingerprint density at radius 1 is 1.37 bits per heavy atom. The van der Waals surface area contributed by atoms with Gasteiger partial charge < -0.3 is 9.63 Å². The lowest BCUT2D eigenvalue weighted by Crippen LogP contribution is -2.03. The van der Waals surface area contributed by atoms with E-state index in [2.05, 4.69) is 10.1 Å². The first-order valence-corrected chi connectivity index (χ1v) is 7.49. The zero-order valence-corrected chi connectivity index (χ0v) is 12.1. The van der Waals surface area contributed by atoms with Crippen LogP contribution < -0.4 is 0 Å². The van der Waals surface area contributed by atoms with Gasteiger partial charge in [-0.1, -0.05) is 23.7 Å². The van der Waals surface area contributed by atoms with Crippen molar-refractivity contribution >= 4 is 23.4 Å². The fraction of sp³-hybridized carbons (Fsp3) is 0.385. The molecule has 0 aliphatic heterocycles. The number of halogens is 1. The molecule has 0 amide bonds. The second-order valence-corrected chi connectivity index (χ2v) is 5.79. The molecule has 0 aliphatic rings. The Kier molecular flexibility index (Phi) is 5.24. The van der Waals surface area contributed by atoms with Crippen molar-refractivity contribution in [3.8, 4) is 11.5 Å². The van der Waals surface area contributed by atoms with E-state index in [1.54, 1.807) is 23.9 Å². The first kappa shape index (κ1) is 14.4. The molecule has 1 aromatic heterocycles. The average molecular weight is 299 g/mol. The molecule has 1 aromatic carbocycles. The van der Waals surface area contributed by atoms with Gasteiger partial charge in [0.2, 0.25) is 0 Å². The third-order valence-electron chi connectivity index (χ3n) is 2.50. The third-order valence-corrected chi connectivity index (χ3v) is 4.02. The maximum absolute atomic E-state index is 8.93. The van der Waals surface area contributed by atoms with Crippen LogP contribution in [0.1, 0.15) is 12.7 Å². The molecular weight excluding hydrogens is 284 g/mol. The van der Waals surface area contributed by atoms with Crippen molar-refractivity contribution in [2.24, 2.45) is 5.92 Å². The highest BCUT2D eigenvalue weighted by molar-refractivity contribution is 7.98. The predicted molar refractivity (Wildman–Crippen MR) is 77.2 cm³/mol. The first-order valence-electron chi connectivity index (χ1n) is 5.96. The number of nitrogens with zero attached hydrogens (tertiary/aromatic N) is 2. The van der Waals surface area contributed by atoms with E-state index in [0.717, 1.165) is 11.3 Å². The Hall–Kier alpha value is -1.04. The Morgan fingerprint density at radius 3 is 2.79 bits per heavy atom. The summed E-state index contributed by atoms with van der Waals surface area (Å²) >= 11 is 7.51. The number of rotatable bonds is 6. The molecule has 0 spiro atoms. The summed E-state index contributed by atoms with van der Waals surface area (Å²) in [5.74, 6) is 3.01. The standard InChI is InChI=1S/C13H15ClN2O2S/c1-9(6-17)7-19-8-12-15-13(18-16-12)10-2-4-11(14)5-3-10/h2-5,9,17H,6-8H2,1H3. The molecule has 0 bridgehead atoms. The van der Waals surface area contributed by atoms with Crippen LogP contribution in [0.15, 0.2) is 28.8 Å². The highest BCUT2D eigenvalue weighted by Gasteiger charge is 2.09. The van der Waals surface area contributed by atoms with Crippen molar-refractivity contribution in [3.05, 3.63) is 35.1 Å². The fourth-order valence-corrected chi connectivity index (χ4v) is 2.48. The van der Waals surface area contributed by atoms with Crippen molar-refractivity contribution in [1.82, 2.24) is 10.1 Å². The van der Waals surface area contributed by atoms with E-state index in [-0.39, 0.29) is 12.5 Å². The number of thioether (sulfide) groups is 1. The Morgan fingerprint density at radius 2 is 2.11 bits per heavy atom. The van der Waals surface area contributed by atoms with Crippen LogP contribution >= 0.6 is 23.4 Å². The van der Waals surface area contributed by atoms with E-state index in [1.807, 2.05) is 19.1 Å². The quantitative estimate of drug-likeness (QED) is 0.887. The van der Waals surface area contributed by atoms with E-state index in [0.29, 0.717) is 22.5 Å². The van der Waals surface area contributed by atoms with Crippen LogP contribution in [0.2, 0.25) is 5.02 Å². The summed E-state index contributed by atoms with van der Waals surface area (Å²) in [6, 6.07) is 7.28. The molecule has 102 valence electrons. The molecule has 2 rings (SSSR count). The summed E-state index contributed by atoms with van der Waals surface area (Å²) in [5, 5.41) is 13.5. The van der Waals surface area contributed by atoms with Crippen LogP contribution in [0.25, 0.3) is 11.5 Å². The molecule has 1 N–H and O–H groups in total. The number of hydrogen-bond acceptors (Lipinski definition) is 5. The van der Waals surface area contributed by atoms with Crippen molar-refractivity contribution in [2.45, 2.75) is 12.7 Å². The van der Waals surface area contributed by atoms with Crippen LogP contribution in [0.4, 0.5) is 0 Å². The first-order chi connectivity index (χ1) is 9.19. The molecule has 0 radical (unpaired) electrons. The van der Waals surface area contributed by atoms with E-state index < -0.39 is 0 Å². The molecule has 0 saturated carbocycles. The summed E-state index contributed by atoms with van der Waals surface area (Å²) in [7, 11) is 0. The van der Waals surface area contributed by atoms with Crippen LogP contribution in [0.3, 0.4) is 0 Å². The minimum absolute atomic E-state index is 0.204. The molecule has 0 aliphatic carbocycles. The van der Waals surface area contributed by atoms with Crippen LogP contribution in [-0.4, -0.2) is 27.6 Å². The predicted octanol–water partition coefficient (Wildman–Crippen LogP) is 3.25. The van der Waals surface area contributed by atoms with Crippen LogP contribution in [-0.2, 0) is 5.75 Å². The summed E-state index contributed by atoms with van der Waals surface area (Å²) in [6.07, 6.45) is 0. The normalized spacial score (nSPS) is 12.6. The van der Waals surface area contributed by atoms with Gasteiger partial charge in [-0.15, -0.1) is 0 Å². The van der Waals surface area contributed by atoms with Gasteiger partial charge in [-0.05, 0) is 35.9 Å². The van der Waals surface area contributed by atoms with Crippen molar-refractivity contribution in [3.63, 3.8) is 0 Å². The second-order valence-electron chi connectivity index (χ2n) is 4.33. The molecule has 6 heteroatoms. The summed E-state index contributed by atoms with van der Waals surface area (Å²) in [4.78, 5) is 4.33. The van der Waals surface area contributed by atoms with Gasteiger partial charge in [0.15, 0.2) is 5.82 Å². The third kappa shape index (κ3) is 4.23. The van der Waals surface area contributed by atoms with E-state index in [9.17, 15) is 0 Å². The molecule has 1 atom stereocenters. The number of aromatic nitrogens is 2. The SMILES string of the molecule is CC(CO)CSCc1noc(-c2ccc(Cl)cc2)n1. The monoisotopic (exact) mass is 298 g/mol. The highest BCUT2D eigenvalue weighted by atomic mass is 35.5. The molecule has 2 aromatic rings. The zero-order chi connectivity index (χ0) is 13.7. The lowest BCUT2D eigenvalue weighted by atomic mass is 10.2. The fourth-order valence-electron chi connectivity index (χ4n) is 1.43. The van der Waals surface area contributed by atoms with Gasteiger partial charge in [0, 0.05) is 17.2 Å². The minimum atomic E-state index is 0.204. The zero-order valence-electron chi connectivity index (χ0n) is 10.5. The number of aliphatic hydroxyl groups is 1. The average Bonchev–Trinajstić information content (AvgIpc) is 2.88. The Labute approximate surface area is 121 Å². The van der Waals surface area contributed by atoms with E-state index in [1.165, 1.54) is 0 Å². The number of benzene rings is 1. The van der Waals surface area contributed by atoms with Crippen LogP contribution in [0, 0.1) is 5.92 Å². The summed E-state index contributed by atoms with van der Waals surface area (Å²) < 4.78 is 5.21. The van der Waals surface area contributed by atoms with Gasteiger partial charge in [-0.2, -0.15) is 16.7 Å². The van der Waals surface area contributed by atoms with Crippen molar-refractivity contribution in [1.29, 1.82) is 0 Å².